The van der Waals surface area contributed by atoms with Crippen molar-refractivity contribution < 1.29 is 4.74 Å². The average molecular weight is 277 g/mol. The van der Waals surface area contributed by atoms with Crippen LogP contribution in [0.2, 0.25) is 0 Å². The van der Waals surface area contributed by atoms with Crippen LogP contribution in [0.3, 0.4) is 0 Å². The summed E-state index contributed by atoms with van der Waals surface area (Å²) in [5.41, 5.74) is 6.41. The molecule has 0 aliphatic carbocycles. The van der Waals surface area contributed by atoms with Gasteiger partial charge in [0, 0.05) is 21.7 Å². The van der Waals surface area contributed by atoms with E-state index < -0.39 is 0 Å². The standard InChI is InChI=1S/C14H15NOS2/c15-7-1-3-12-6-10-18-14(12)11-16-8-5-13-4-2-9-17-13/h2,4,6,9-10H,5,7-8,11,15H2. The van der Waals surface area contributed by atoms with Gasteiger partial charge in [-0.25, -0.2) is 0 Å². The molecule has 0 radical (unpaired) electrons. The summed E-state index contributed by atoms with van der Waals surface area (Å²) in [6.45, 7) is 1.79. The topological polar surface area (TPSA) is 35.2 Å². The normalized spacial score (nSPS) is 10.1. The number of rotatable bonds is 5. The summed E-state index contributed by atoms with van der Waals surface area (Å²) in [6.07, 6.45) is 0.979. The number of hydrogen-bond acceptors (Lipinski definition) is 4. The first-order valence-corrected chi connectivity index (χ1v) is 7.51. The molecule has 0 bridgehead atoms. The number of ether oxygens (including phenoxy) is 1. The van der Waals surface area contributed by atoms with Crippen molar-refractivity contribution in [3.8, 4) is 11.8 Å². The van der Waals surface area contributed by atoms with E-state index in [-0.39, 0.29) is 0 Å². The van der Waals surface area contributed by atoms with Crippen molar-refractivity contribution in [2.75, 3.05) is 13.2 Å². The lowest BCUT2D eigenvalue weighted by Crippen LogP contribution is -1.98. The number of thiophene rings is 2. The van der Waals surface area contributed by atoms with Crippen molar-refractivity contribution in [2.24, 2.45) is 5.73 Å². The molecular formula is C14H15NOS2. The molecule has 94 valence electrons. The minimum atomic E-state index is 0.397. The lowest BCUT2D eigenvalue weighted by atomic mass is 10.2. The summed E-state index contributed by atoms with van der Waals surface area (Å²) in [6, 6.07) is 6.22. The van der Waals surface area contributed by atoms with Crippen molar-refractivity contribution in [1.82, 2.24) is 0 Å². The van der Waals surface area contributed by atoms with Gasteiger partial charge in [0.05, 0.1) is 19.8 Å². The van der Waals surface area contributed by atoms with E-state index in [4.69, 9.17) is 10.5 Å². The van der Waals surface area contributed by atoms with Crippen molar-refractivity contribution in [3.63, 3.8) is 0 Å². The van der Waals surface area contributed by atoms with Crippen LogP contribution in [0.4, 0.5) is 0 Å². The van der Waals surface area contributed by atoms with Crippen molar-refractivity contribution >= 4 is 22.7 Å². The Labute approximate surface area is 115 Å². The van der Waals surface area contributed by atoms with Crippen molar-refractivity contribution in [2.45, 2.75) is 13.0 Å². The Morgan fingerprint density at radius 2 is 2.17 bits per heavy atom. The van der Waals surface area contributed by atoms with Crippen LogP contribution in [-0.4, -0.2) is 13.2 Å². The van der Waals surface area contributed by atoms with Crippen LogP contribution in [-0.2, 0) is 17.8 Å². The summed E-state index contributed by atoms with van der Waals surface area (Å²) in [7, 11) is 0. The van der Waals surface area contributed by atoms with E-state index >= 15 is 0 Å². The fourth-order valence-electron chi connectivity index (χ4n) is 1.50. The lowest BCUT2D eigenvalue weighted by Gasteiger charge is -2.02. The molecular weight excluding hydrogens is 262 g/mol. The molecule has 0 amide bonds. The lowest BCUT2D eigenvalue weighted by molar-refractivity contribution is 0.126. The fraction of sp³-hybridized carbons (Fsp3) is 0.286. The summed E-state index contributed by atoms with van der Waals surface area (Å²) in [5.74, 6) is 5.94. The molecule has 2 nitrogen and oxygen atoms in total. The minimum Gasteiger partial charge on any atom is -0.376 e. The van der Waals surface area contributed by atoms with Crippen LogP contribution < -0.4 is 5.73 Å². The van der Waals surface area contributed by atoms with Crippen LogP contribution in [0, 0.1) is 11.8 Å². The second-order valence-corrected chi connectivity index (χ2v) is 5.68. The van der Waals surface area contributed by atoms with Gasteiger partial charge in [-0.15, -0.1) is 22.7 Å². The van der Waals surface area contributed by atoms with Crippen LogP contribution in [0.25, 0.3) is 0 Å². The minimum absolute atomic E-state index is 0.397. The SMILES string of the molecule is NCC#Cc1ccsc1COCCc1cccs1. The molecule has 2 aromatic rings. The van der Waals surface area contributed by atoms with Gasteiger partial charge in [0.25, 0.3) is 0 Å². The van der Waals surface area contributed by atoms with Crippen LogP contribution in [0.1, 0.15) is 15.3 Å². The van der Waals surface area contributed by atoms with E-state index in [1.807, 2.05) is 11.4 Å². The highest BCUT2D eigenvalue weighted by Gasteiger charge is 2.02. The van der Waals surface area contributed by atoms with Gasteiger partial charge in [0.1, 0.15) is 0 Å². The fourth-order valence-corrected chi connectivity index (χ4v) is 2.96. The predicted molar refractivity (Wildman–Crippen MR) is 77.9 cm³/mol. The van der Waals surface area contributed by atoms with Gasteiger partial charge in [-0.1, -0.05) is 17.9 Å². The first-order valence-electron chi connectivity index (χ1n) is 5.75. The first kappa shape index (κ1) is 13.3. The van der Waals surface area contributed by atoms with E-state index in [2.05, 4.69) is 29.4 Å². The third kappa shape index (κ3) is 3.97. The second kappa shape index (κ2) is 7.34. The Bertz CT molecular complexity index is 519. The van der Waals surface area contributed by atoms with Crippen molar-refractivity contribution in [1.29, 1.82) is 0 Å². The van der Waals surface area contributed by atoms with Gasteiger partial charge in [-0.3, -0.25) is 0 Å². The van der Waals surface area contributed by atoms with Gasteiger partial charge in [0.15, 0.2) is 0 Å². The molecule has 2 rings (SSSR count). The average Bonchev–Trinajstić information content (AvgIpc) is 3.03. The molecule has 18 heavy (non-hydrogen) atoms. The maximum Gasteiger partial charge on any atom is 0.0822 e. The molecule has 4 heteroatoms. The van der Waals surface area contributed by atoms with E-state index in [1.165, 1.54) is 9.75 Å². The molecule has 0 unspecified atom stereocenters. The molecule has 0 spiro atoms. The second-order valence-electron chi connectivity index (χ2n) is 3.65. The zero-order valence-corrected chi connectivity index (χ0v) is 11.7. The quantitative estimate of drug-likeness (QED) is 0.674. The third-order valence-corrected chi connectivity index (χ3v) is 4.21. The molecule has 0 saturated carbocycles. The Morgan fingerprint density at radius 3 is 2.94 bits per heavy atom. The number of nitrogens with two attached hydrogens (primary N) is 1. The summed E-state index contributed by atoms with van der Waals surface area (Å²) < 4.78 is 5.69. The zero-order chi connectivity index (χ0) is 12.6. The Hall–Kier alpha value is -1.12. The highest BCUT2D eigenvalue weighted by Crippen LogP contribution is 2.17. The largest absolute Gasteiger partial charge is 0.376 e. The van der Waals surface area contributed by atoms with E-state index in [0.29, 0.717) is 13.2 Å². The van der Waals surface area contributed by atoms with Gasteiger partial charge >= 0.3 is 0 Å². The molecule has 2 aromatic heterocycles. The highest BCUT2D eigenvalue weighted by atomic mass is 32.1. The molecule has 0 aliphatic heterocycles. The monoisotopic (exact) mass is 277 g/mol. The molecule has 0 aromatic carbocycles. The zero-order valence-electron chi connectivity index (χ0n) is 10.0. The molecule has 0 fully saturated rings. The van der Waals surface area contributed by atoms with Crippen molar-refractivity contribution in [3.05, 3.63) is 44.3 Å². The summed E-state index contributed by atoms with van der Waals surface area (Å²) in [4.78, 5) is 2.55. The number of hydrogen-bond donors (Lipinski definition) is 1. The van der Waals surface area contributed by atoms with Gasteiger partial charge < -0.3 is 10.5 Å². The highest BCUT2D eigenvalue weighted by molar-refractivity contribution is 7.10. The molecule has 2 N–H and O–H groups in total. The maximum absolute atomic E-state index is 5.69. The summed E-state index contributed by atoms with van der Waals surface area (Å²) >= 11 is 3.45. The molecule has 0 atom stereocenters. The Balaban J connectivity index is 1.78. The van der Waals surface area contributed by atoms with Gasteiger partial charge in [-0.05, 0) is 22.9 Å². The molecule has 0 aliphatic rings. The van der Waals surface area contributed by atoms with Gasteiger partial charge in [0.2, 0.25) is 0 Å². The van der Waals surface area contributed by atoms with Crippen LogP contribution in [0.15, 0.2) is 29.0 Å². The summed E-state index contributed by atoms with van der Waals surface area (Å²) in [5, 5.41) is 4.13. The Morgan fingerprint density at radius 1 is 1.22 bits per heavy atom. The third-order valence-electron chi connectivity index (χ3n) is 2.38. The molecule has 0 saturated heterocycles. The van der Waals surface area contributed by atoms with Crippen LogP contribution >= 0.6 is 22.7 Å². The Kier molecular flexibility index (Phi) is 5.43. The van der Waals surface area contributed by atoms with E-state index in [0.717, 1.165) is 18.6 Å². The van der Waals surface area contributed by atoms with Crippen LogP contribution in [0.5, 0.6) is 0 Å². The van der Waals surface area contributed by atoms with Gasteiger partial charge in [-0.2, -0.15) is 0 Å². The van der Waals surface area contributed by atoms with E-state index in [9.17, 15) is 0 Å². The predicted octanol–water partition coefficient (Wildman–Crippen LogP) is 2.88. The molecule has 2 heterocycles. The first-order chi connectivity index (χ1) is 8.90. The maximum atomic E-state index is 5.69. The van der Waals surface area contributed by atoms with E-state index in [1.54, 1.807) is 22.7 Å². The smallest absolute Gasteiger partial charge is 0.0822 e.